The van der Waals surface area contributed by atoms with Gasteiger partial charge in [-0.25, -0.2) is 0 Å². The number of benzene rings is 3. The molecule has 45 heavy (non-hydrogen) atoms. The van der Waals surface area contributed by atoms with Crippen molar-refractivity contribution in [1.82, 2.24) is 0 Å². The zero-order valence-corrected chi connectivity index (χ0v) is 28.4. The molecule has 0 aromatic heterocycles. The van der Waals surface area contributed by atoms with E-state index in [1.807, 2.05) is 37.3 Å². The third kappa shape index (κ3) is 11.1. The van der Waals surface area contributed by atoms with E-state index in [1.165, 1.54) is 5.56 Å². The van der Waals surface area contributed by atoms with E-state index >= 15 is 0 Å². The Morgan fingerprint density at radius 1 is 0.733 bits per heavy atom. The third-order valence-corrected chi connectivity index (χ3v) is 8.01. The van der Waals surface area contributed by atoms with E-state index in [2.05, 4.69) is 46.9 Å². The third-order valence-electron chi connectivity index (χ3n) is 7.39. The number of ether oxygens (including phenoxy) is 6. The fraction of sp³-hybridized carbons (Fsp3) is 0.444. The van der Waals surface area contributed by atoms with Gasteiger partial charge in [0.15, 0.2) is 11.5 Å². The zero-order valence-electron chi connectivity index (χ0n) is 26.2. The van der Waals surface area contributed by atoms with Gasteiger partial charge in [0.25, 0.3) is 0 Å². The summed E-state index contributed by atoms with van der Waals surface area (Å²) in [5.74, 6) is 2.75. The van der Waals surface area contributed by atoms with Crippen molar-refractivity contribution in [1.29, 1.82) is 0 Å². The van der Waals surface area contributed by atoms with Gasteiger partial charge in [0.2, 0.25) is 6.79 Å². The van der Waals surface area contributed by atoms with Gasteiger partial charge in [-0.15, -0.1) is 0 Å². The summed E-state index contributed by atoms with van der Waals surface area (Å²) in [6.45, 7) is 5.68. The molecule has 9 heteroatoms. The Labute approximate surface area is 279 Å². The van der Waals surface area contributed by atoms with E-state index in [-0.39, 0.29) is 18.7 Å². The van der Waals surface area contributed by atoms with Crippen molar-refractivity contribution in [3.05, 3.63) is 69.3 Å². The molecule has 0 aliphatic carbocycles. The van der Waals surface area contributed by atoms with Crippen LogP contribution in [0, 0.1) is 3.57 Å². The minimum atomic E-state index is -0.215. The second-order valence-corrected chi connectivity index (χ2v) is 12.0. The smallest absolute Gasteiger partial charge is 0.306 e. The molecule has 0 saturated heterocycles. The molecule has 242 valence electrons. The molecule has 0 atom stereocenters. The molecule has 1 aliphatic rings. The van der Waals surface area contributed by atoms with Crippen molar-refractivity contribution in [3.63, 3.8) is 0 Å². The van der Waals surface area contributed by atoms with Crippen LogP contribution in [0.2, 0.25) is 0 Å². The maximum atomic E-state index is 12.1. The number of aryl methyl sites for hydroxylation is 1. The molecule has 0 radical (unpaired) electrons. The minimum absolute atomic E-state index is 0.211. The Hall–Kier alpha value is -3.47. The van der Waals surface area contributed by atoms with Gasteiger partial charge >= 0.3 is 11.9 Å². The summed E-state index contributed by atoms with van der Waals surface area (Å²) in [5, 5.41) is 0. The van der Waals surface area contributed by atoms with Crippen LogP contribution in [0.15, 0.2) is 54.6 Å². The number of halogens is 1. The lowest BCUT2D eigenvalue weighted by atomic mass is 9.96. The van der Waals surface area contributed by atoms with Crippen molar-refractivity contribution in [2.45, 2.75) is 71.6 Å². The van der Waals surface area contributed by atoms with Gasteiger partial charge in [0.1, 0.15) is 11.5 Å². The molecule has 3 aromatic rings. The molecule has 0 bridgehead atoms. The van der Waals surface area contributed by atoms with Gasteiger partial charge < -0.3 is 28.4 Å². The summed E-state index contributed by atoms with van der Waals surface area (Å²) >= 11 is 2.32. The number of fused-ring (bicyclic) bond motifs is 1. The Balaban J connectivity index is 1.24. The van der Waals surface area contributed by atoms with Crippen LogP contribution in [0.3, 0.4) is 0 Å². The lowest BCUT2D eigenvalue weighted by Crippen LogP contribution is -2.10. The van der Waals surface area contributed by atoms with E-state index in [4.69, 9.17) is 28.4 Å². The molecule has 0 spiro atoms. The van der Waals surface area contributed by atoms with E-state index in [0.29, 0.717) is 52.1 Å². The van der Waals surface area contributed by atoms with E-state index < -0.39 is 0 Å². The van der Waals surface area contributed by atoms with E-state index in [1.54, 1.807) is 6.92 Å². The van der Waals surface area contributed by atoms with Crippen LogP contribution in [0.25, 0.3) is 11.1 Å². The van der Waals surface area contributed by atoms with Gasteiger partial charge in [-0.2, -0.15) is 0 Å². The second kappa shape index (κ2) is 18.5. The maximum absolute atomic E-state index is 12.1. The highest BCUT2D eigenvalue weighted by molar-refractivity contribution is 14.1. The molecular formula is C36H43IO8. The number of carbonyl (C=O) groups excluding carboxylic acids is 2. The van der Waals surface area contributed by atoms with Crippen LogP contribution >= 0.6 is 22.6 Å². The average molecular weight is 731 g/mol. The number of esters is 2. The molecule has 0 N–H and O–H groups in total. The summed E-state index contributed by atoms with van der Waals surface area (Å²) in [6.07, 6.45) is 6.76. The highest BCUT2D eigenvalue weighted by Crippen LogP contribution is 2.37. The van der Waals surface area contributed by atoms with Gasteiger partial charge in [-0.05, 0) is 127 Å². The number of rotatable bonds is 19. The van der Waals surface area contributed by atoms with Crippen LogP contribution in [-0.2, 0) is 31.9 Å². The first-order valence-electron chi connectivity index (χ1n) is 15.8. The Morgan fingerprint density at radius 2 is 1.49 bits per heavy atom. The number of hydrogen-bond acceptors (Lipinski definition) is 8. The first-order chi connectivity index (χ1) is 22.0. The van der Waals surface area contributed by atoms with E-state index in [0.717, 1.165) is 75.4 Å². The highest BCUT2D eigenvalue weighted by atomic mass is 127. The number of hydrogen-bond donors (Lipinski definition) is 0. The second-order valence-electron chi connectivity index (χ2n) is 10.7. The molecule has 1 heterocycles. The van der Waals surface area contributed by atoms with Crippen molar-refractivity contribution < 1.29 is 38.0 Å². The van der Waals surface area contributed by atoms with Crippen molar-refractivity contribution in [3.8, 4) is 34.1 Å². The quantitative estimate of drug-likeness (QED) is 0.0695. The lowest BCUT2D eigenvalue weighted by molar-refractivity contribution is -0.144. The molecule has 0 saturated carbocycles. The SMILES string of the molecule is CCOC(=O)CCCOc1cccc(CCCCCCOc2cc(I)cc(-c3ccc4c(c3)OCO4)c2)c1CCC(=O)OCC. The fourth-order valence-electron chi connectivity index (χ4n) is 5.21. The molecule has 0 amide bonds. The van der Waals surface area contributed by atoms with E-state index in [9.17, 15) is 9.59 Å². The molecule has 8 nitrogen and oxygen atoms in total. The first-order valence-corrected chi connectivity index (χ1v) is 16.9. The standard InChI is InChI=1S/C36H43IO8/c1-3-40-35(38)14-10-20-43-32-13-9-12-26(31(32)16-18-36(39)41-4-2)11-7-5-6-8-19-42-30-22-28(21-29(37)24-30)27-15-17-33-34(23-27)45-25-44-33/h9,12-13,15,17,21-24H,3-8,10-11,14,16,18-20,25H2,1-2H3. The predicted octanol–water partition coefficient (Wildman–Crippen LogP) is 8.09. The molecule has 0 unspecified atom stereocenters. The van der Waals surface area contributed by atoms with Crippen molar-refractivity contribution in [2.24, 2.45) is 0 Å². The molecule has 4 rings (SSSR count). The summed E-state index contributed by atoms with van der Waals surface area (Å²) < 4.78 is 34.5. The molecule has 0 fully saturated rings. The van der Waals surface area contributed by atoms with Crippen LogP contribution in [-0.4, -0.2) is 45.2 Å². The van der Waals surface area contributed by atoms with Gasteiger partial charge in [-0.3, -0.25) is 9.59 Å². The van der Waals surface area contributed by atoms with Gasteiger partial charge in [0, 0.05) is 16.4 Å². The summed E-state index contributed by atoms with van der Waals surface area (Å²) in [7, 11) is 0. The monoisotopic (exact) mass is 730 g/mol. The summed E-state index contributed by atoms with van der Waals surface area (Å²) in [4.78, 5) is 23.8. The largest absolute Gasteiger partial charge is 0.494 e. The lowest BCUT2D eigenvalue weighted by Gasteiger charge is -2.16. The maximum Gasteiger partial charge on any atom is 0.306 e. The van der Waals surface area contributed by atoms with Crippen LogP contribution in [0.1, 0.15) is 69.9 Å². The van der Waals surface area contributed by atoms with Crippen LogP contribution in [0.5, 0.6) is 23.0 Å². The minimum Gasteiger partial charge on any atom is -0.494 e. The Morgan fingerprint density at radius 3 is 2.31 bits per heavy atom. The first kappa shape index (κ1) is 34.4. The number of unbranched alkanes of at least 4 members (excludes halogenated alkanes) is 3. The highest BCUT2D eigenvalue weighted by Gasteiger charge is 2.15. The summed E-state index contributed by atoms with van der Waals surface area (Å²) in [6, 6.07) is 18.3. The predicted molar refractivity (Wildman–Crippen MR) is 181 cm³/mol. The van der Waals surface area contributed by atoms with Crippen molar-refractivity contribution >= 4 is 34.5 Å². The number of carbonyl (C=O) groups is 2. The van der Waals surface area contributed by atoms with Crippen LogP contribution < -0.4 is 18.9 Å². The van der Waals surface area contributed by atoms with Gasteiger partial charge in [-0.1, -0.05) is 31.0 Å². The van der Waals surface area contributed by atoms with Crippen molar-refractivity contribution in [2.75, 3.05) is 33.2 Å². The van der Waals surface area contributed by atoms with Gasteiger partial charge in [0.05, 0.1) is 26.4 Å². The average Bonchev–Trinajstić information content (AvgIpc) is 3.50. The zero-order chi connectivity index (χ0) is 31.9. The summed E-state index contributed by atoms with van der Waals surface area (Å²) in [5.41, 5.74) is 4.38. The molecule has 3 aromatic carbocycles. The molecular weight excluding hydrogens is 687 g/mol. The van der Waals surface area contributed by atoms with Crippen LogP contribution in [0.4, 0.5) is 0 Å². The molecule has 1 aliphatic heterocycles. The fourth-order valence-corrected chi connectivity index (χ4v) is 5.85. The topological polar surface area (TPSA) is 89.5 Å². The normalized spacial score (nSPS) is 11.7. The Bertz CT molecular complexity index is 1410. The Kier molecular flexibility index (Phi) is 14.1.